The fourth-order valence-corrected chi connectivity index (χ4v) is 3.24. The van der Waals surface area contributed by atoms with Crippen LogP contribution in [0.5, 0.6) is 11.6 Å². The second-order valence-electron chi connectivity index (χ2n) is 6.38. The summed E-state index contributed by atoms with van der Waals surface area (Å²) in [7, 11) is 0. The van der Waals surface area contributed by atoms with Crippen molar-refractivity contribution >= 4 is 5.78 Å². The number of aromatic nitrogens is 3. The van der Waals surface area contributed by atoms with E-state index in [1.165, 1.54) is 12.1 Å². The molecule has 0 N–H and O–H groups in total. The molecule has 1 aliphatic rings. The Balaban J connectivity index is 1.76. The number of carbonyl (C=O) groups is 1. The molecule has 5 nitrogen and oxygen atoms in total. The predicted molar refractivity (Wildman–Crippen MR) is 93.8 cm³/mol. The Bertz CT molecular complexity index is 1010. The Morgan fingerprint density at radius 3 is 2.85 bits per heavy atom. The predicted octanol–water partition coefficient (Wildman–Crippen LogP) is 4.47. The molecule has 6 heteroatoms. The van der Waals surface area contributed by atoms with E-state index >= 15 is 0 Å². The van der Waals surface area contributed by atoms with Gasteiger partial charge < -0.3 is 4.74 Å². The molecule has 2 heterocycles. The minimum atomic E-state index is -0.374. The van der Waals surface area contributed by atoms with Crippen molar-refractivity contribution in [3.63, 3.8) is 0 Å². The van der Waals surface area contributed by atoms with Crippen LogP contribution in [0.25, 0.3) is 11.4 Å². The van der Waals surface area contributed by atoms with Gasteiger partial charge in [0.25, 0.3) is 0 Å². The molecule has 1 aromatic carbocycles. The number of pyridine rings is 1. The highest BCUT2D eigenvalue weighted by atomic mass is 19.1. The number of carbonyl (C=O) groups excluding carboxylic acids is 1. The molecule has 0 saturated carbocycles. The topological polar surface area (TPSA) is 65.0 Å². The molecule has 0 aliphatic heterocycles. The van der Waals surface area contributed by atoms with Crippen LogP contribution in [-0.4, -0.2) is 20.7 Å². The zero-order valence-corrected chi connectivity index (χ0v) is 14.4. The summed E-state index contributed by atoms with van der Waals surface area (Å²) in [5.41, 5.74) is 2.21. The highest BCUT2D eigenvalue weighted by molar-refractivity contribution is 6.03. The van der Waals surface area contributed by atoms with Crippen molar-refractivity contribution in [2.75, 3.05) is 0 Å². The molecule has 0 fully saturated rings. The van der Waals surface area contributed by atoms with Gasteiger partial charge in [0.05, 0.1) is 5.56 Å². The minimum absolute atomic E-state index is 0.111. The number of hydrogen-bond acceptors (Lipinski definition) is 5. The largest absolute Gasteiger partial charge is 0.438 e. The number of nitrogens with zero attached hydrogens (tertiary/aromatic N) is 3. The van der Waals surface area contributed by atoms with Crippen molar-refractivity contribution in [3.05, 3.63) is 65.4 Å². The molecule has 0 amide bonds. The van der Waals surface area contributed by atoms with Gasteiger partial charge in [-0.2, -0.15) is 4.98 Å². The van der Waals surface area contributed by atoms with Gasteiger partial charge in [-0.05, 0) is 37.1 Å². The lowest BCUT2D eigenvalue weighted by Crippen LogP contribution is -2.01. The van der Waals surface area contributed by atoms with Crippen LogP contribution in [0.2, 0.25) is 0 Å². The van der Waals surface area contributed by atoms with Gasteiger partial charge in [0.1, 0.15) is 11.6 Å². The number of Topliss-reactive ketones (excluding diaryl/α,β-unsaturated/α-hetero) is 1. The molecule has 4 rings (SSSR count). The van der Waals surface area contributed by atoms with Gasteiger partial charge in [0.15, 0.2) is 11.6 Å². The van der Waals surface area contributed by atoms with Crippen molar-refractivity contribution in [3.8, 4) is 23.0 Å². The van der Waals surface area contributed by atoms with Crippen LogP contribution < -0.4 is 4.74 Å². The third-order valence-corrected chi connectivity index (χ3v) is 4.38. The highest BCUT2D eigenvalue weighted by Gasteiger charge is 2.32. The second kappa shape index (κ2) is 6.29. The lowest BCUT2D eigenvalue weighted by atomic mass is 10.0. The standard InChI is InChI=1S/C20H16FN3O2/c1-11-8-15(25)19-16(6-5-14(21)18(11)19)26-17-9-12(2)23-20(24-17)13-4-3-7-22-10-13/h3-7,9-11H,8H2,1-2H3. The first-order valence-electron chi connectivity index (χ1n) is 8.32. The SMILES string of the molecule is Cc1cc(Oc2ccc(F)c3c2C(=O)CC3C)nc(-c2cccnc2)n1. The first kappa shape index (κ1) is 16.3. The number of benzene rings is 1. The second-order valence-corrected chi connectivity index (χ2v) is 6.38. The maximum absolute atomic E-state index is 14.1. The average molecular weight is 349 g/mol. The minimum Gasteiger partial charge on any atom is -0.438 e. The van der Waals surface area contributed by atoms with E-state index in [1.807, 2.05) is 19.9 Å². The fourth-order valence-electron chi connectivity index (χ4n) is 3.24. The van der Waals surface area contributed by atoms with Crippen LogP contribution in [0.1, 0.15) is 40.9 Å². The van der Waals surface area contributed by atoms with Crippen LogP contribution in [0.15, 0.2) is 42.7 Å². The summed E-state index contributed by atoms with van der Waals surface area (Å²) in [5.74, 6) is 0.468. The van der Waals surface area contributed by atoms with E-state index < -0.39 is 0 Å². The number of rotatable bonds is 3. The maximum atomic E-state index is 14.1. The molecule has 0 radical (unpaired) electrons. The highest BCUT2D eigenvalue weighted by Crippen LogP contribution is 2.41. The maximum Gasteiger partial charge on any atom is 0.223 e. The smallest absolute Gasteiger partial charge is 0.223 e. The van der Waals surface area contributed by atoms with Gasteiger partial charge in [0, 0.05) is 41.7 Å². The Hall–Kier alpha value is -3.15. The number of hydrogen-bond donors (Lipinski definition) is 0. The van der Waals surface area contributed by atoms with E-state index in [0.29, 0.717) is 34.3 Å². The number of halogens is 1. The Labute approximate surface area is 149 Å². The quantitative estimate of drug-likeness (QED) is 0.698. The summed E-state index contributed by atoms with van der Waals surface area (Å²) in [4.78, 5) is 25.2. The van der Waals surface area contributed by atoms with Gasteiger partial charge in [-0.15, -0.1) is 0 Å². The Kier molecular flexibility index (Phi) is 3.95. The number of ketones is 1. The number of aryl methyl sites for hydroxylation is 1. The van der Waals surface area contributed by atoms with Crippen LogP contribution in [0.4, 0.5) is 4.39 Å². The first-order chi connectivity index (χ1) is 12.5. The zero-order valence-electron chi connectivity index (χ0n) is 14.4. The normalized spacial score (nSPS) is 15.8. The third kappa shape index (κ3) is 2.83. The molecular formula is C20H16FN3O2. The molecule has 1 aliphatic carbocycles. The Morgan fingerprint density at radius 2 is 2.08 bits per heavy atom. The van der Waals surface area contributed by atoms with Crippen LogP contribution in [0, 0.1) is 12.7 Å². The van der Waals surface area contributed by atoms with Crippen molar-refractivity contribution in [1.82, 2.24) is 15.0 Å². The van der Waals surface area contributed by atoms with Crippen molar-refractivity contribution < 1.29 is 13.9 Å². The zero-order chi connectivity index (χ0) is 18.3. The van der Waals surface area contributed by atoms with Crippen LogP contribution in [0.3, 0.4) is 0 Å². The summed E-state index contributed by atoms with van der Waals surface area (Å²) in [6.45, 7) is 3.67. The number of ether oxygens (including phenoxy) is 1. The van der Waals surface area contributed by atoms with E-state index in [1.54, 1.807) is 24.5 Å². The van der Waals surface area contributed by atoms with Gasteiger partial charge >= 0.3 is 0 Å². The summed E-state index contributed by atoms with van der Waals surface area (Å²) < 4.78 is 20.0. The van der Waals surface area contributed by atoms with Gasteiger partial charge in [0.2, 0.25) is 5.88 Å². The van der Waals surface area contributed by atoms with Crippen molar-refractivity contribution in [1.29, 1.82) is 0 Å². The van der Waals surface area contributed by atoms with Gasteiger partial charge in [-0.3, -0.25) is 9.78 Å². The molecular weight excluding hydrogens is 333 g/mol. The average Bonchev–Trinajstić information content (AvgIpc) is 2.93. The molecule has 130 valence electrons. The monoisotopic (exact) mass is 349 g/mol. The molecule has 26 heavy (non-hydrogen) atoms. The van der Waals surface area contributed by atoms with E-state index in [4.69, 9.17) is 4.74 Å². The molecule has 0 spiro atoms. The third-order valence-electron chi connectivity index (χ3n) is 4.38. The van der Waals surface area contributed by atoms with E-state index in [2.05, 4.69) is 15.0 Å². The van der Waals surface area contributed by atoms with Crippen molar-refractivity contribution in [2.45, 2.75) is 26.2 Å². The molecule has 3 aromatic rings. The Morgan fingerprint density at radius 1 is 1.23 bits per heavy atom. The lowest BCUT2D eigenvalue weighted by Gasteiger charge is -2.12. The summed E-state index contributed by atoms with van der Waals surface area (Å²) in [5, 5.41) is 0. The summed E-state index contributed by atoms with van der Waals surface area (Å²) >= 11 is 0. The molecule has 0 bridgehead atoms. The number of fused-ring (bicyclic) bond motifs is 1. The summed E-state index contributed by atoms with van der Waals surface area (Å²) in [6.07, 6.45) is 3.63. The van der Waals surface area contributed by atoms with E-state index in [0.717, 1.165) is 5.56 Å². The lowest BCUT2D eigenvalue weighted by molar-refractivity contribution is 0.0988. The molecule has 2 aromatic heterocycles. The summed E-state index contributed by atoms with van der Waals surface area (Å²) in [6, 6.07) is 8.14. The van der Waals surface area contributed by atoms with Gasteiger partial charge in [-0.25, -0.2) is 9.37 Å². The van der Waals surface area contributed by atoms with E-state index in [9.17, 15) is 9.18 Å². The fraction of sp³-hybridized carbons (Fsp3) is 0.200. The first-order valence-corrected chi connectivity index (χ1v) is 8.32. The molecule has 1 unspecified atom stereocenters. The van der Waals surface area contributed by atoms with E-state index in [-0.39, 0.29) is 23.9 Å². The molecule has 1 atom stereocenters. The van der Waals surface area contributed by atoms with Crippen LogP contribution in [-0.2, 0) is 0 Å². The van der Waals surface area contributed by atoms with Crippen LogP contribution >= 0.6 is 0 Å². The van der Waals surface area contributed by atoms with Crippen molar-refractivity contribution in [2.24, 2.45) is 0 Å². The van der Waals surface area contributed by atoms with Gasteiger partial charge in [-0.1, -0.05) is 6.92 Å². The molecule has 0 saturated heterocycles.